The third kappa shape index (κ3) is 3.99. The van der Waals surface area contributed by atoms with E-state index in [9.17, 15) is 8.42 Å². The summed E-state index contributed by atoms with van der Waals surface area (Å²) in [5, 5.41) is 6.91. The number of anilines is 1. The summed E-state index contributed by atoms with van der Waals surface area (Å²) < 4.78 is 28.7. The Kier molecular flexibility index (Phi) is 4.23. The molecule has 0 aliphatic carbocycles. The fourth-order valence-electron chi connectivity index (χ4n) is 0.800. The lowest BCUT2D eigenvalue weighted by Crippen LogP contribution is -2.26. The lowest BCUT2D eigenvalue weighted by atomic mass is 10.7. The van der Waals surface area contributed by atoms with Crippen LogP contribution in [0.4, 0.5) is 5.00 Å². The van der Waals surface area contributed by atoms with Crippen LogP contribution < -0.4 is 10.0 Å². The van der Waals surface area contributed by atoms with Gasteiger partial charge in [-0.05, 0) is 6.54 Å². The van der Waals surface area contributed by atoms with Crippen LogP contribution >= 0.6 is 11.5 Å². The van der Waals surface area contributed by atoms with Gasteiger partial charge < -0.3 is 5.32 Å². The summed E-state index contributed by atoms with van der Waals surface area (Å²) in [6.45, 7) is 3.13. The van der Waals surface area contributed by atoms with Crippen LogP contribution in [0.15, 0.2) is 6.20 Å². The smallest absolute Gasteiger partial charge is 0.234 e. The number of hydrogen-bond acceptors (Lipinski definition) is 6. The van der Waals surface area contributed by atoms with Gasteiger partial charge in [-0.1, -0.05) is 11.4 Å². The Morgan fingerprint density at radius 2 is 2.36 bits per heavy atom. The third-order valence-corrected chi connectivity index (χ3v) is 3.40. The van der Waals surface area contributed by atoms with E-state index in [4.69, 9.17) is 0 Å². The summed E-state index contributed by atoms with van der Waals surface area (Å²) in [5.74, 6) is 0.0543. The molecule has 0 saturated heterocycles. The Bertz CT molecular complexity index is 348. The normalized spacial score (nSPS) is 11.5. The van der Waals surface area contributed by atoms with Crippen molar-refractivity contribution < 1.29 is 8.42 Å². The van der Waals surface area contributed by atoms with Crippen molar-refractivity contribution in [3.63, 3.8) is 0 Å². The number of hydrogen-bond donors (Lipinski definition) is 2. The van der Waals surface area contributed by atoms with Gasteiger partial charge in [-0.3, -0.25) is 4.72 Å². The predicted molar refractivity (Wildman–Crippen MR) is 55.9 cm³/mol. The van der Waals surface area contributed by atoms with E-state index in [1.165, 1.54) is 6.20 Å². The molecule has 0 fully saturated rings. The minimum absolute atomic E-state index is 0.0543. The average Bonchev–Trinajstić information content (AvgIpc) is 2.56. The van der Waals surface area contributed by atoms with Crippen LogP contribution in [0, 0.1) is 0 Å². The largest absolute Gasteiger partial charge is 0.316 e. The monoisotopic (exact) mass is 236 g/mol. The summed E-state index contributed by atoms with van der Waals surface area (Å²) in [5.41, 5.74) is 0. The van der Waals surface area contributed by atoms with Gasteiger partial charge in [-0.2, -0.15) is 0 Å². The van der Waals surface area contributed by atoms with E-state index in [1.54, 1.807) is 0 Å². The minimum Gasteiger partial charge on any atom is -0.316 e. The van der Waals surface area contributed by atoms with Crippen molar-refractivity contribution in [3.05, 3.63) is 6.20 Å². The highest BCUT2D eigenvalue weighted by molar-refractivity contribution is 7.92. The maximum atomic E-state index is 11.4. The van der Waals surface area contributed by atoms with Gasteiger partial charge in [0.2, 0.25) is 10.0 Å². The second kappa shape index (κ2) is 5.23. The van der Waals surface area contributed by atoms with Crippen LogP contribution in [0.3, 0.4) is 0 Å². The maximum absolute atomic E-state index is 11.4. The molecular weight excluding hydrogens is 224 g/mol. The van der Waals surface area contributed by atoms with Gasteiger partial charge in [0.1, 0.15) is 5.00 Å². The topological polar surface area (TPSA) is 84.0 Å². The quantitative estimate of drug-likeness (QED) is 0.673. The first-order chi connectivity index (χ1) is 6.64. The highest BCUT2D eigenvalue weighted by atomic mass is 32.2. The van der Waals surface area contributed by atoms with Gasteiger partial charge in [0.15, 0.2) is 0 Å². The molecule has 2 N–H and O–H groups in total. The van der Waals surface area contributed by atoms with Gasteiger partial charge in [0.25, 0.3) is 0 Å². The van der Waals surface area contributed by atoms with Crippen molar-refractivity contribution in [1.29, 1.82) is 0 Å². The van der Waals surface area contributed by atoms with Crippen LogP contribution in [0.25, 0.3) is 0 Å². The molecular formula is C6H12N4O2S2. The molecule has 6 nitrogen and oxygen atoms in total. The Morgan fingerprint density at radius 3 is 2.93 bits per heavy atom. The highest BCUT2D eigenvalue weighted by Crippen LogP contribution is 2.11. The third-order valence-electron chi connectivity index (χ3n) is 1.41. The summed E-state index contributed by atoms with van der Waals surface area (Å²) >= 11 is 1.02. The summed E-state index contributed by atoms with van der Waals surface area (Å²) in [6.07, 6.45) is 1.38. The van der Waals surface area contributed by atoms with E-state index in [-0.39, 0.29) is 5.75 Å². The van der Waals surface area contributed by atoms with Gasteiger partial charge in [0.05, 0.1) is 11.9 Å². The number of aromatic nitrogens is 2. The van der Waals surface area contributed by atoms with E-state index in [0.717, 1.165) is 18.1 Å². The average molecular weight is 236 g/mol. The van der Waals surface area contributed by atoms with Crippen molar-refractivity contribution in [1.82, 2.24) is 14.9 Å². The molecule has 0 aliphatic heterocycles. The summed E-state index contributed by atoms with van der Waals surface area (Å²) in [4.78, 5) is 0. The molecule has 0 atom stereocenters. The Morgan fingerprint density at radius 1 is 1.57 bits per heavy atom. The van der Waals surface area contributed by atoms with Crippen LogP contribution in [0.5, 0.6) is 0 Å². The van der Waals surface area contributed by atoms with Crippen LogP contribution in [-0.4, -0.2) is 36.8 Å². The molecule has 8 heteroatoms. The molecule has 0 aromatic carbocycles. The van der Waals surface area contributed by atoms with E-state index in [2.05, 4.69) is 19.6 Å². The molecule has 1 aromatic heterocycles. The molecule has 0 saturated carbocycles. The van der Waals surface area contributed by atoms with Crippen molar-refractivity contribution in [2.75, 3.05) is 23.6 Å². The molecule has 1 rings (SSSR count). The van der Waals surface area contributed by atoms with Crippen LogP contribution in [-0.2, 0) is 10.0 Å². The molecule has 0 amide bonds. The van der Waals surface area contributed by atoms with Crippen LogP contribution in [0.1, 0.15) is 6.92 Å². The van der Waals surface area contributed by atoms with Gasteiger partial charge in [-0.25, -0.2) is 8.42 Å². The highest BCUT2D eigenvalue weighted by Gasteiger charge is 2.10. The fourth-order valence-corrected chi connectivity index (χ4v) is 2.48. The van der Waals surface area contributed by atoms with E-state index >= 15 is 0 Å². The molecule has 0 aliphatic rings. The minimum atomic E-state index is -3.26. The molecule has 0 radical (unpaired) electrons. The van der Waals surface area contributed by atoms with Crippen molar-refractivity contribution in [3.8, 4) is 0 Å². The Labute approximate surface area is 86.9 Å². The van der Waals surface area contributed by atoms with Gasteiger partial charge in [0, 0.05) is 18.1 Å². The summed E-state index contributed by atoms with van der Waals surface area (Å²) in [7, 11) is -3.26. The molecule has 0 unspecified atom stereocenters. The lowest BCUT2D eigenvalue weighted by Gasteiger charge is -2.04. The van der Waals surface area contributed by atoms with Crippen molar-refractivity contribution >= 4 is 26.6 Å². The second-order valence-corrected chi connectivity index (χ2v) is 5.18. The van der Waals surface area contributed by atoms with Crippen molar-refractivity contribution in [2.45, 2.75) is 6.92 Å². The van der Waals surface area contributed by atoms with Gasteiger partial charge in [-0.15, -0.1) is 5.10 Å². The first-order valence-corrected chi connectivity index (χ1v) is 6.55. The molecule has 80 valence electrons. The standard InChI is InChI=1S/C6H12N4O2S2/c1-2-7-3-4-14(11,12)9-6-5-8-10-13-6/h5,7,9H,2-4H2,1H3. The zero-order valence-corrected chi connectivity index (χ0v) is 9.36. The fraction of sp³-hybridized carbons (Fsp3) is 0.667. The number of nitrogens with one attached hydrogen (secondary N) is 2. The van der Waals surface area contributed by atoms with Crippen molar-refractivity contribution in [2.24, 2.45) is 0 Å². The number of sulfonamides is 1. The molecule has 1 aromatic rings. The van der Waals surface area contributed by atoms with E-state index in [1.807, 2.05) is 6.92 Å². The number of nitrogens with zero attached hydrogens (tertiary/aromatic N) is 2. The lowest BCUT2D eigenvalue weighted by molar-refractivity contribution is 0.597. The second-order valence-electron chi connectivity index (χ2n) is 2.56. The molecule has 1 heterocycles. The molecule has 0 bridgehead atoms. The van der Waals surface area contributed by atoms with E-state index < -0.39 is 10.0 Å². The Balaban J connectivity index is 2.42. The SMILES string of the molecule is CCNCCS(=O)(=O)Nc1cnns1. The number of rotatable bonds is 6. The maximum Gasteiger partial charge on any atom is 0.234 e. The first kappa shape index (κ1) is 11.3. The molecule has 0 spiro atoms. The van der Waals surface area contributed by atoms with Gasteiger partial charge >= 0.3 is 0 Å². The van der Waals surface area contributed by atoms with E-state index in [0.29, 0.717) is 11.5 Å². The van der Waals surface area contributed by atoms with Crippen LogP contribution in [0.2, 0.25) is 0 Å². The zero-order valence-electron chi connectivity index (χ0n) is 7.73. The first-order valence-electron chi connectivity index (χ1n) is 4.12. The predicted octanol–water partition coefficient (Wildman–Crippen LogP) is -0.111. The Hall–Kier alpha value is -0.730. The molecule has 14 heavy (non-hydrogen) atoms. The summed E-state index contributed by atoms with van der Waals surface area (Å²) in [6, 6.07) is 0. The zero-order chi connectivity index (χ0) is 10.4.